The number of nitrogens with zero attached hydrogens (tertiary/aromatic N) is 3. The first kappa shape index (κ1) is 14.1. The van der Waals surface area contributed by atoms with E-state index in [4.69, 9.17) is 4.74 Å². The lowest BCUT2D eigenvalue weighted by molar-refractivity contribution is -0.125. The molecule has 0 unspecified atom stereocenters. The smallest absolute Gasteiger partial charge is 0.249 e. The van der Waals surface area contributed by atoms with Crippen LogP contribution in [0.4, 0.5) is 11.6 Å². The molecule has 1 aliphatic rings. The molecule has 1 atom stereocenters. The zero-order chi connectivity index (χ0) is 15.7. The molecule has 22 heavy (non-hydrogen) atoms. The zero-order valence-electron chi connectivity index (χ0n) is 12.2. The number of aryl methyl sites for hydroxylation is 1. The van der Waals surface area contributed by atoms with E-state index in [1.54, 1.807) is 38.3 Å². The third kappa shape index (κ3) is 2.62. The standard InChI is InChI=1S/C14H15N5O3/c1-8-15-14-17-12(20)7-11(19(14)18-8)13(21)16-9-4-3-5-10(6-9)22-2/h3-6,11H,7H2,1-2H3,(H,16,21)(H,15,17,18,20)/t11-/m1/s1. The quantitative estimate of drug-likeness (QED) is 0.885. The van der Waals surface area contributed by atoms with E-state index in [1.807, 2.05) is 0 Å². The van der Waals surface area contributed by atoms with Crippen LogP contribution in [0.15, 0.2) is 24.3 Å². The predicted octanol–water partition coefficient (Wildman–Crippen LogP) is 1.12. The monoisotopic (exact) mass is 301 g/mol. The van der Waals surface area contributed by atoms with Gasteiger partial charge in [0, 0.05) is 11.8 Å². The number of ether oxygens (including phenoxy) is 1. The van der Waals surface area contributed by atoms with Crippen LogP contribution >= 0.6 is 0 Å². The molecule has 0 saturated carbocycles. The van der Waals surface area contributed by atoms with Crippen molar-refractivity contribution >= 4 is 23.5 Å². The number of rotatable bonds is 3. The van der Waals surface area contributed by atoms with Crippen molar-refractivity contribution < 1.29 is 14.3 Å². The zero-order valence-corrected chi connectivity index (χ0v) is 12.2. The summed E-state index contributed by atoms with van der Waals surface area (Å²) in [6.07, 6.45) is 0.0194. The van der Waals surface area contributed by atoms with Gasteiger partial charge in [0.15, 0.2) is 0 Å². The van der Waals surface area contributed by atoms with E-state index < -0.39 is 6.04 Å². The minimum Gasteiger partial charge on any atom is -0.497 e. The number of amides is 2. The topological polar surface area (TPSA) is 98.1 Å². The molecule has 0 bridgehead atoms. The molecule has 0 fully saturated rings. The van der Waals surface area contributed by atoms with Crippen molar-refractivity contribution in [1.82, 2.24) is 14.8 Å². The molecule has 2 heterocycles. The van der Waals surface area contributed by atoms with Crippen LogP contribution in [0.25, 0.3) is 0 Å². The second-order valence-corrected chi connectivity index (χ2v) is 4.92. The SMILES string of the molecule is COc1cccc(NC(=O)[C@H]2CC(=O)Nc3nc(C)nn32)c1. The highest BCUT2D eigenvalue weighted by Crippen LogP contribution is 2.25. The van der Waals surface area contributed by atoms with Crippen LogP contribution < -0.4 is 15.4 Å². The normalized spacial score (nSPS) is 16.6. The van der Waals surface area contributed by atoms with Crippen LogP contribution in [-0.4, -0.2) is 33.7 Å². The highest BCUT2D eigenvalue weighted by atomic mass is 16.5. The molecule has 0 spiro atoms. The van der Waals surface area contributed by atoms with Crippen molar-refractivity contribution in [2.24, 2.45) is 0 Å². The van der Waals surface area contributed by atoms with Gasteiger partial charge in [0.1, 0.15) is 17.6 Å². The van der Waals surface area contributed by atoms with Crippen LogP contribution in [0.3, 0.4) is 0 Å². The Labute approximate surface area is 126 Å². The lowest BCUT2D eigenvalue weighted by Crippen LogP contribution is -2.36. The number of carbonyl (C=O) groups excluding carboxylic acids is 2. The Morgan fingerprint density at radius 3 is 3.09 bits per heavy atom. The summed E-state index contributed by atoms with van der Waals surface area (Å²) in [6.45, 7) is 1.70. The Morgan fingerprint density at radius 1 is 1.50 bits per heavy atom. The molecule has 0 aliphatic carbocycles. The van der Waals surface area contributed by atoms with Crippen LogP contribution in [0.2, 0.25) is 0 Å². The van der Waals surface area contributed by atoms with Gasteiger partial charge in [-0.3, -0.25) is 14.9 Å². The summed E-state index contributed by atoms with van der Waals surface area (Å²) in [6, 6.07) is 6.27. The summed E-state index contributed by atoms with van der Waals surface area (Å²) in [7, 11) is 1.55. The molecular weight excluding hydrogens is 286 g/mol. The molecule has 2 amide bonds. The molecule has 1 aromatic heterocycles. The van der Waals surface area contributed by atoms with E-state index in [0.29, 0.717) is 23.2 Å². The maximum atomic E-state index is 12.5. The molecule has 8 nitrogen and oxygen atoms in total. The van der Waals surface area contributed by atoms with Crippen molar-refractivity contribution in [3.05, 3.63) is 30.1 Å². The number of fused-ring (bicyclic) bond motifs is 1. The third-order valence-corrected chi connectivity index (χ3v) is 3.30. The summed E-state index contributed by atoms with van der Waals surface area (Å²) in [5.74, 6) is 0.840. The first-order valence-corrected chi connectivity index (χ1v) is 6.75. The van der Waals surface area contributed by atoms with Crippen molar-refractivity contribution in [3.63, 3.8) is 0 Å². The highest BCUT2D eigenvalue weighted by molar-refractivity contribution is 6.00. The Morgan fingerprint density at radius 2 is 2.32 bits per heavy atom. The van der Waals surface area contributed by atoms with E-state index in [-0.39, 0.29) is 18.2 Å². The van der Waals surface area contributed by atoms with Crippen LogP contribution in [-0.2, 0) is 9.59 Å². The van der Waals surface area contributed by atoms with Crippen molar-refractivity contribution in [2.75, 3.05) is 17.7 Å². The maximum absolute atomic E-state index is 12.5. The number of methoxy groups -OCH3 is 1. The minimum atomic E-state index is -0.726. The van der Waals surface area contributed by atoms with Crippen LogP contribution in [0.1, 0.15) is 18.3 Å². The number of hydrogen-bond acceptors (Lipinski definition) is 5. The first-order chi connectivity index (χ1) is 10.6. The summed E-state index contributed by atoms with van der Waals surface area (Å²) in [5.41, 5.74) is 0.591. The number of anilines is 2. The number of nitrogens with one attached hydrogen (secondary N) is 2. The van der Waals surface area contributed by atoms with Gasteiger partial charge in [-0.2, -0.15) is 10.1 Å². The Hall–Kier alpha value is -2.90. The summed E-state index contributed by atoms with van der Waals surface area (Å²) in [4.78, 5) is 28.3. The van der Waals surface area contributed by atoms with Gasteiger partial charge in [0.25, 0.3) is 0 Å². The largest absolute Gasteiger partial charge is 0.497 e. The molecule has 2 aromatic rings. The molecule has 8 heteroatoms. The Balaban J connectivity index is 1.84. The number of hydrogen-bond donors (Lipinski definition) is 2. The van der Waals surface area contributed by atoms with Gasteiger partial charge in [0.2, 0.25) is 17.8 Å². The van der Waals surface area contributed by atoms with Crippen molar-refractivity contribution in [1.29, 1.82) is 0 Å². The summed E-state index contributed by atoms with van der Waals surface area (Å²) < 4.78 is 6.55. The summed E-state index contributed by atoms with van der Waals surface area (Å²) >= 11 is 0. The van der Waals surface area contributed by atoms with Gasteiger partial charge in [-0.1, -0.05) is 6.07 Å². The predicted molar refractivity (Wildman–Crippen MR) is 78.7 cm³/mol. The number of benzene rings is 1. The molecule has 2 N–H and O–H groups in total. The van der Waals surface area contributed by atoms with Crippen LogP contribution in [0, 0.1) is 6.92 Å². The van der Waals surface area contributed by atoms with Crippen molar-refractivity contribution in [2.45, 2.75) is 19.4 Å². The second kappa shape index (κ2) is 5.47. The van der Waals surface area contributed by atoms with E-state index in [2.05, 4.69) is 20.7 Å². The minimum absolute atomic E-state index is 0.0194. The number of carbonyl (C=O) groups is 2. The molecule has 1 aromatic carbocycles. The van der Waals surface area contributed by atoms with Gasteiger partial charge in [-0.25, -0.2) is 4.68 Å². The fraction of sp³-hybridized carbons (Fsp3) is 0.286. The molecule has 3 rings (SSSR count). The van der Waals surface area contributed by atoms with Gasteiger partial charge in [0.05, 0.1) is 13.5 Å². The van der Waals surface area contributed by atoms with Gasteiger partial charge in [-0.05, 0) is 19.1 Å². The average molecular weight is 301 g/mol. The van der Waals surface area contributed by atoms with Gasteiger partial charge >= 0.3 is 0 Å². The van der Waals surface area contributed by atoms with Gasteiger partial charge < -0.3 is 10.1 Å². The summed E-state index contributed by atoms with van der Waals surface area (Å²) in [5, 5.41) is 9.54. The first-order valence-electron chi connectivity index (χ1n) is 6.75. The second-order valence-electron chi connectivity index (χ2n) is 4.92. The molecular formula is C14H15N5O3. The highest BCUT2D eigenvalue weighted by Gasteiger charge is 2.32. The Bertz CT molecular complexity index is 740. The maximum Gasteiger partial charge on any atom is 0.249 e. The van der Waals surface area contributed by atoms with E-state index in [9.17, 15) is 9.59 Å². The fourth-order valence-corrected chi connectivity index (χ4v) is 2.30. The van der Waals surface area contributed by atoms with E-state index in [0.717, 1.165) is 0 Å². The molecule has 114 valence electrons. The Kier molecular flexibility index (Phi) is 3.50. The average Bonchev–Trinajstić information content (AvgIpc) is 2.86. The molecule has 0 saturated heterocycles. The number of aromatic nitrogens is 3. The van der Waals surface area contributed by atoms with Crippen molar-refractivity contribution in [3.8, 4) is 5.75 Å². The van der Waals surface area contributed by atoms with Gasteiger partial charge in [-0.15, -0.1) is 0 Å². The molecule has 1 aliphatic heterocycles. The van der Waals surface area contributed by atoms with E-state index >= 15 is 0 Å². The lowest BCUT2D eigenvalue weighted by Gasteiger charge is -2.22. The molecule has 0 radical (unpaired) electrons. The van der Waals surface area contributed by atoms with E-state index in [1.165, 1.54) is 4.68 Å². The lowest BCUT2D eigenvalue weighted by atomic mass is 10.1. The fourth-order valence-electron chi connectivity index (χ4n) is 2.30. The third-order valence-electron chi connectivity index (χ3n) is 3.30. The van der Waals surface area contributed by atoms with Crippen LogP contribution in [0.5, 0.6) is 5.75 Å².